The monoisotopic (exact) mass is 361 g/mol. The van der Waals surface area contributed by atoms with Crippen LogP contribution in [-0.4, -0.2) is 21.6 Å². The number of benzene rings is 2. The summed E-state index contributed by atoms with van der Waals surface area (Å²) in [5, 5.41) is 7.45. The third-order valence-corrected chi connectivity index (χ3v) is 3.91. The molecule has 0 aliphatic heterocycles. The molecule has 0 unspecified atom stereocenters. The van der Waals surface area contributed by atoms with Gasteiger partial charge < -0.3 is 5.32 Å². The van der Waals surface area contributed by atoms with Gasteiger partial charge in [0.2, 0.25) is 5.91 Å². The van der Waals surface area contributed by atoms with Crippen LogP contribution >= 0.6 is 11.6 Å². The maximum atomic E-state index is 14.1. The number of hydrogen-bond acceptors (Lipinski definition) is 2. The minimum absolute atomic E-state index is 0.0441. The van der Waals surface area contributed by atoms with E-state index in [4.69, 9.17) is 11.6 Å². The maximum Gasteiger partial charge on any atom is 0.239 e. The normalized spacial score (nSPS) is 11.4. The highest BCUT2D eigenvalue weighted by atomic mass is 35.5. The van der Waals surface area contributed by atoms with Crippen molar-refractivity contribution in [1.29, 1.82) is 0 Å². The molecule has 3 rings (SSSR count). The fraction of sp³-hybridized carbons (Fsp3) is 0.111. The number of alkyl halides is 1. The number of amides is 1. The number of anilines is 1. The third-order valence-electron chi connectivity index (χ3n) is 3.67. The summed E-state index contributed by atoms with van der Waals surface area (Å²) < 4.78 is 28.7. The van der Waals surface area contributed by atoms with Crippen molar-refractivity contribution in [3.8, 4) is 0 Å². The number of nitrogens with one attached hydrogen (secondary N) is 1. The van der Waals surface area contributed by atoms with Gasteiger partial charge in [-0.15, -0.1) is 11.6 Å². The number of fused-ring (bicyclic) bond motifs is 1. The molecule has 1 heterocycles. The minimum Gasteiger partial charge on any atom is -0.323 e. The molecule has 128 valence electrons. The molecule has 2 aromatic carbocycles. The van der Waals surface area contributed by atoms with E-state index in [1.807, 2.05) is 0 Å². The minimum atomic E-state index is -0.567. The Morgan fingerprint density at radius 1 is 1.24 bits per heavy atom. The lowest BCUT2D eigenvalue weighted by Crippen LogP contribution is -2.13. The summed E-state index contributed by atoms with van der Waals surface area (Å²) in [7, 11) is 1.70. The van der Waals surface area contributed by atoms with Crippen LogP contribution in [0.15, 0.2) is 36.4 Å². The first-order valence-electron chi connectivity index (χ1n) is 7.43. The second kappa shape index (κ2) is 7.03. The molecule has 4 nitrogen and oxygen atoms in total. The van der Waals surface area contributed by atoms with Gasteiger partial charge in [-0.05, 0) is 29.8 Å². The van der Waals surface area contributed by atoms with Gasteiger partial charge in [-0.25, -0.2) is 8.78 Å². The molecular weight excluding hydrogens is 348 g/mol. The Hall–Kier alpha value is -2.73. The maximum absolute atomic E-state index is 14.1. The molecule has 1 aromatic heterocycles. The lowest BCUT2D eigenvalue weighted by atomic mass is 10.1. The van der Waals surface area contributed by atoms with Crippen LogP contribution in [0.4, 0.5) is 14.5 Å². The van der Waals surface area contributed by atoms with Crippen molar-refractivity contribution in [3.63, 3.8) is 0 Å². The highest BCUT2D eigenvalue weighted by molar-refractivity contribution is 6.29. The van der Waals surface area contributed by atoms with Gasteiger partial charge in [0.15, 0.2) is 0 Å². The molecule has 0 fully saturated rings. The van der Waals surface area contributed by atoms with E-state index in [0.717, 1.165) is 5.56 Å². The summed E-state index contributed by atoms with van der Waals surface area (Å²) in [6.45, 7) is 0. The van der Waals surface area contributed by atoms with Crippen LogP contribution in [-0.2, 0) is 11.8 Å². The van der Waals surface area contributed by atoms with Gasteiger partial charge in [0.1, 0.15) is 17.5 Å². The Balaban J connectivity index is 2.01. The number of carbonyl (C=O) groups excluding carboxylic acids is 1. The zero-order chi connectivity index (χ0) is 18.0. The average molecular weight is 362 g/mol. The van der Waals surface area contributed by atoms with E-state index in [0.29, 0.717) is 16.6 Å². The number of nitrogens with zero attached hydrogens (tertiary/aromatic N) is 2. The Labute approximate surface area is 147 Å². The van der Waals surface area contributed by atoms with E-state index in [9.17, 15) is 13.6 Å². The predicted molar refractivity (Wildman–Crippen MR) is 95.3 cm³/mol. The van der Waals surface area contributed by atoms with Crippen molar-refractivity contribution >= 4 is 46.3 Å². The van der Waals surface area contributed by atoms with Gasteiger partial charge >= 0.3 is 0 Å². The average Bonchev–Trinajstić information content (AvgIpc) is 2.90. The number of aryl methyl sites for hydroxylation is 1. The fourth-order valence-electron chi connectivity index (χ4n) is 2.46. The third kappa shape index (κ3) is 3.69. The summed E-state index contributed by atoms with van der Waals surface area (Å²) in [5.74, 6) is -1.63. The highest BCUT2D eigenvalue weighted by Crippen LogP contribution is 2.26. The first kappa shape index (κ1) is 17.1. The molecule has 0 saturated carbocycles. The lowest BCUT2D eigenvalue weighted by molar-refractivity contribution is -0.113. The molecule has 1 N–H and O–H groups in total. The van der Waals surface area contributed by atoms with Crippen molar-refractivity contribution in [1.82, 2.24) is 9.78 Å². The molecule has 3 aromatic rings. The van der Waals surface area contributed by atoms with E-state index in [2.05, 4.69) is 10.4 Å². The second-order valence-corrected chi connectivity index (χ2v) is 5.69. The zero-order valence-corrected chi connectivity index (χ0v) is 14.0. The number of hydrogen-bond donors (Lipinski definition) is 1. The first-order chi connectivity index (χ1) is 12.0. The number of aromatic nitrogens is 2. The predicted octanol–water partition coefficient (Wildman–Crippen LogP) is 4.20. The lowest BCUT2D eigenvalue weighted by Gasteiger charge is -2.05. The van der Waals surface area contributed by atoms with E-state index in [1.165, 1.54) is 24.3 Å². The van der Waals surface area contributed by atoms with E-state index in [-0.39, 0.29) is 17.4 Å². The van der Waals surface area contributed by atoms with E-state index >= 15 is 0 Å². The van der Waals surface area contributed by atoms with Crippen molar-refractivity contribution in [3.05, 3.63) is 59.3 Å². The van der Waals surface area contributed by atoms with Crippen LogP contribution < -0.4 is 5.32 Å². The Kier molecular flexibility index (Phi) is 4.81. The summed E-state index contributed by atoms with van der Waals surface area (Å²) in [4.78, 5) is 11.4. The van der Waals surface area contributed by atoms with Crippen LogP contribution in [0.3, 0.4) is 0 Å². The van der Waals surface area contributed by atoms with Crippen LogP contribution in [0.5, 0.6) is 0 Å². The largest absolute Gasteiger partial charge is 0.323 e. The summed E-state index contributed by atoms with van der Waals surface area (Å²) in [6, 6.07) is 8.84. The number of carbonyl (C=O) groups is 1. The summed E-state index contributed by atoms with van der Waals surface area (Å²) in [6.07, 6.45) is 3.53. The van der Waals surface area contributed by atoms with E-state index < -0.39 is 11.7 Å². The second-order valence-electron chi connectivity index (χ2n) is 5.42. The number of rotatable bonds is 4. The van der Waals surface area contributed by atoms with Crippen molar-refractivity contribution in [2.45, 2.75) is 0 Å². The smallest absolute Gasteiger partial charge is 0.239 e. The fourth-order valence-corrected chi connectivity index (χ4v) is 2.52. The van der Waals surface area contributed by atoms with Crippen molar-refractivity contribution < 1.29 is 13.6 Å². The van der Waals surface area contributed by atoms with Gasteiger partial charge in [0.25, 0.3) is 0 Å². The van der Waals surface area contributed by atoms with E-state index in [1.54, 1.807) is 36.0 Å². The number of halogens is 3. The first-order valence-corrected chi connectivity index (χ1v) is 7.97. The summed E-state index contributed by atoms with van der Waals surface area (Å²) in [5.41, 5.74) is 2.03. The van der Waals surface area contributed by atoms with Crippen LogP contribution in [0.25, 0.3) is 23.1 Å². The Morgan fingerprint density at radius 2 is 1.96 bits per heavy atom. The molecule has 0 aliphatic rings. The van der Waals surface area contributed by atoms with Crippen LogP contribution in [0.2, 0.25) is 0 Å². The van der Waals surface area contributed by atoms with Gasteiger partial charge in [-0.3, -0.25) is 9.48 Å². The standard InChI is InChI=1S/C18H14ClF2N3O/c1-24-17-9-14(21)16(22-18(25)10-19)8-13(17)15(23-24)7-4-11-2-5-12(20)6-3-11/h2-9H,10H2,1H3,(H,22,25)/b7-4+. The van der Waals surface area contributed by atoms with Crippen LogP contribution in [0, 0.1) is 11.6 Å². The van der Waals surface area contributed by atoms with Crippen LogP contribution in [0.1, 0.15) is 11.3 Å². The molecule has 0 atom stereocenters. The zero-order valence-electron chi connectivity index (χ0n) is 13.3. The molecular formula is C18H14ClF2N3O. The highest BCUT2D eigenvalue weighted by Gasteiger charge is 2.13. The summed E-state index contributed by atoms with van der Waals surface area (Å²) >= 11 is 5.45. The van der Waals surface area contributed by atoms with Crippen molar-refractivity contribution in [2.24, 2.45) is 7.05 Å². The molecule has 1 amide bonds. The molecule has 0 bridgehead atoms. The SMILES string of the molecule is Cn1nc(/C=C/c2ccc(F)cc2)c2cc(NC(=O)CCl)c(F)cc21. The van der Waals surface area contributed by atoms with Gasteiger partial charge in [0, 0.05) is 18.5 Å². The Morgan fingerprint density at radius 3 is 2.64 bits per heavy atom. The Bertz CT molecular complexity index is 965. The van der Waals surface area contributed by atoms with Crippen molar-refractivity contribution in [2.75, 3.05) is 11.2 Å². The molecule has 0 radical (unpaired) electrons. The molecule has 7 heteroatoms. The molecule has 0 spiro atoms. The van der Waals surface area contributed by atoms with Gasteiger partial charge in [0.05, 0.1) is 16.9 Å². The molecule has 0 aliphatic carbocycles. The van der Waals surface area contributed by atoms with Gasteiger partial charge in [-0.2, -0.15) is 5.10 Å². The molecule has 0 saturated heterocycles. The topological polar surface area (TPSA) is 46.9 Å². The molecule has 25 heavy (non-hydrogen) atoms. The van der Waals surface area contributed by atoms with Gasteiger partial charge in [-0.1, -0.05) is 18.2 Å². The quantitative estimate of drug-likeness (QED) is 0.708.